The third-order valence-corrected chi connectivity index (χ3v) is 3.40. The summed E-state index contributed by atoms with van der Waals surface area (Å²) in [7, 11) is 0. The molecule has 0 spiro atoms. The number of rotatable bonds is 3. The van der Waals surface area contributed by atoms with Crippen LogP contribution in [-0.2, 0) is 9.53 Å². The molecule has 7 nitrogen and oxygen atoms in total. The number of para-hydroxylation sites is 2. The SMILES string of the molecule is O=C(NC1COCC1C(=O)O)c1cnc2ccccc2n1. The lowest BCUT2D eigenvalue weighted by atomic mass is 10.0. The second-order valence-electron chi connectivity index (χ2n) is 4.81. The van der Waals surface area contributed by atoms with E-state index in [2.05, 4.69) is 15.3 Å². The van der Waals surface area contributed by atoms with Crippen LogP contribution in [0.5, 0.6) is 0 Å². The van der Waals surface area contributed by atoms with Gasteiger partial charge >= 0.3 is 5.97 Å². The number of aliphatic carboxylic acids is 1. The second-order valence-corrected chi connectivity index (χ2v) is 4.81. The molecule has 0 aliphatic carbocycles. The van der Waals surface area contributed by atoms with Gasteiger partial charge in [0.25, 0.3) is 5.91 Å². The number of ether oxygens (including phenoxy) is 1. The quantitative estimate of drug-likeness (QED) is 0.850. The predicted octanol–water partition coefficient (Wildman–Crippen LogP) is 0.459. The monoisotopic (exact) mass is 287 g/mol. The molecule has 2 heterocycles. The molecule has 0 saturated carbocycles. The molecule has 108 valence electrons. The summed E-state index contributed by atoms with van der Waals surface area (Å²) in [6, 6.07) is 6.66. The van der Waals surface area contributed by atoms with E-state index >= 15 is 0 Å². The van der Waals surface area contributed by atoms with Crippen molar-refractivity contribution in [3.05, 3.63) is 36.2 Å². The molecule has 1 aromatic carbocycles. The zero-order chi connectivity index (χ0) is 14.8. The number of fused-ring (bicyclic) bond motifs is 1. The summed E-state index contributed by atoms with van der Waals surface area (Å²) in [6.45, 7) is 0.285. The van der Waals surface area contributed by atoms with Gasteiger partial charge in [-0.15, -0.1) is 0 Å². The predicted molar refractivity (Wildman–Crippen MR) is 72.7 cm³/mol. The Morgan fingerprint density at radius 3 is 2.76 bits per heavy atom. The first kappa shape index (κ1) is 13.4. The fourth-order valence-corrected chi connectivity index (χ4v) is 2.25. The zero-order valence-electron chi connectivity index (χ0n) is 11.0. The zero-order valence-corrected chi connectivity index (χ0v) is 11.0. The number of hydrogen-bond acceptors (Lipinski definition) is 5. The van der Waals surface area contributed by atoms with E-state index in [0.29, 0.717) is 11.0 Å². The topological polar surface area (TPSA) is 101 Å². The minimum Gasteiger partial charge on any atom is -0.481 e. The number of nitrogens with one attached hydrogen (secondary N) is 1. The van der Waals surface area contributed by atoms with Crippen LogP contribution in [0.3, 0.4) is 0 Å². The number of carboxylic acids is 1. The Hall–Kier alpha value is -2.54. The van der Waals surface area contributed by atoms with Crippen molar-refractivity contribution >= 4 is 22.9 Å². The molecular weight excluding hydrogens is 274 g/mol. The molecule has 2 unspecified atom stereocenters. The third-order valence-electron chi connectivity index (χ3n) is 3.40. The minimum atomic E-state index is -0.984. The molecule has 1 aliphatic heterocycles. The molecule has 2 N–H and O–H groups in total. The highest BCUT2D eigenvalue weighted by Gasteiger charge is 2.35. The van der Waals surface area contributed by atoms with Crippen LogP contribution in [0.2, 0.25) is 0 Å². The van der Waals surface area contributed by atoms with E-state index in [1.165, 1.54) is 6.20 Å². The molecule has 2 aromatic rings. The normalized spacial score (nSPS) is 21.3. The molecule has 1 aliphatic rings. The Labute approximate surface area is 120 Å². The van der Waals surface area contributed by atoms with Crippen molar-refractivity contribution in [3.8, 4) is 0 Å². The number of aromatic nitrogens is 2. The first-order valence-electron chi connectivity index (χ1n) is 6.48. The number of hydrogen-bond donors (Lipinski definition) is 2. The van der Waals surface area contributed by atoms with Crippen molar-refractivity contribution < 1.29 is 19.4 Å². The fraction of sp³-hybridized carbons (Fsp3) is 0.286. The van der Waals surface area contributed by atoms with Gasteiger partial charge in [0.15, 0.2) is 0 Å². The van der Waals surface area contributed by atoms with Crippen LogP contribution < -0.4 is 5.32 Å². The molecule has 21 heavy (non-hydrogen) atoms. The second kappa shape index (κ2) is 5.45. The molecule has 1 saturated heterocycles. The smallest absolute Gasteiger partial charge is 0.311 e. The van der Waals surface area contributed by atoms with E-state index in [9.17, 15) is 9.59 Å². The standard InChI is InChI=1S/C14H13N3O4/c18-13(17-12-7-21-6-8(12)14(19)20)11-5-15-9-3-1-2-4-10(9)16-11/h1-5,8,12H,6-7H2,(H,17,18)(H,19,20). The van der Waals surface area contributed by atoms with E-state index in [4.69, 9.17) is 9.84 Å². The van der Waals surface area contributed by atoms with Gasteiger partial charge in [0.2, 0.25) is 0 Å². The maximum atomic E-state index is 12.2. The van der Waals surface area contributed by atoms with E-state index in [1.54, 1.807) is 12.1 Å². The van der Waals surface area contributed by atoms with E-state index in [1.807, 2.05) is 12.1 Å². The Morgan fingerprint density at radius 1 is 1.24 bits per heavy atom. The summed E-state index contributed by atoms with van der Waals surface area (Å²) in [5.41, 5.74) is 1.47. The molecule has 7 heteroatoms. The molecule has 1 fully saturated rings. The highest BCUT2D eigenvalue weighted by molar-refractivity contribution is 5.94. The number of carbonyl (C=O) groups is 2. The van der Waals surface area contributed by atoms with Crippen molar-refractivity contribution in [1.82, 2.24) is 15.3 Å². The van der Waals surface area contributed by atoms with Crippen LogP contribution in [-0.4, -0.2) is 46.2 Å². The van der Waals surface area contributed by atoms with E-state index < -0.39 is 23.8 Å². The summed E-state index contributed by atoms with van der Waals surface area (Å²) < 4.78 is 5.11. The molecule has 1 amide bonds. The number of carboxylic acid groups (broad SMARTS) is 1. The average Bonchev–Trinajstić information content (AvgIpc) is 2.95. The fourth-order valence-electron chi connectivity index (χ4n) is 2.25. The highest BCUT2D eigenvalue weighted by Crippen LogP contribution is 2.15. The maximum absolute atomic E-state index is 12.2. The van der Waals surface area contributed by atoms with Gasteiger partial charge in [-0.05, 0) is 12.1 Å². The van der Waals surface area contributed by atoms with Gasteiger partial charge in [0.05, 0.1) is 36.5 Å². The summed E-state index contributed by atoms with van der Waals surface area (Å²) in [5, 5.41) is 11.7. The van der Waals surface area contributed by atoms with E-state index in [-0.39, 0.29) is 18.9 Å². The van der Waals surface area contributed by atoms with Gasteiger partial charge < -0.3 is 15.2 Å². The van der Waals surface area contributed by atoms with Gasteiger partial charge in [-0.1, -0.05) is 12.1 Å². The van der Waals surface area contributed by atoms with Gasteiger partial charge in [0, 0.05) is 0 Å². The van der Waals surface area contributed by atoms with Crippen molar-refractivity contribution in [2.24, 2.45) is 5.92 Å². The Morgan fingerprint density at radius 2 is 2.00 bits per heavy atom. The Bertz CT molecular complexity index is 703. The van der Waals surface area contributed by atoms with Crippen LogP contribution >= 0.6 is 0 Å². The van der Waals surface area contributed by atoms with Crippen molar-refractivity contribution in [1.29, 1.82) is 0 Å². The first-order valence-corrected chi connectivity index (χ1v) is 6.48. The average molecular weight is 287 g/mol. The summed E-state index contributed by atoms with van der Waals surface area (Å²) >= 11 is 0. The third kappa shape index (κ3) is 2.68. The number of carbonyl (C=O) groups excluding carboxylic acids is 1. The summed E-state index contributed by atoms with van der Waals surface area (Å²) in [6.07, 6.45) is 1.38. The molecule has 1 aromatic heterocycles. The first-order chi connectivity index (χ1) is 10.1. The molecule has 0 bridgehead atoms. The Balaban J connectivity index is 1.79. The van der Waals surface area contributed by atoms with Gasteiger partial charge in [-0.2, -0.15) is 0 Å². The minimum absolute atomic E-state index is 0.101. The van der Waals surface area contributed by atoms with Crippen LogP contribution in [0.1, 0.15) is 10.5 Å². The Kier molecular flexibility index (Phi) is 3.49. The van der Waals surface area contributed by atoms with Crippen LogP contribution in [0.15, 0.2) is 30.5 Å². The van der Waals surface area contributed by atoms with Crippen molar-refractivity contribution in [2.75, 3.05) is 13.2 Å². The van der Waals surface area contributed by atoms with Crippen LogP contribution in [0.4, 0.5) is 0 Å². The lowest BCUT2D eigenvalue weighted by molar-refractivity contribution is -0.142. The maximum Gasteiger partial charge on any atom is 0.311 e. The molecular formula is C14H13N3O4. The number of nitrogens with zero attached hydrogens (tertiary/aromatic N) is 2. The van der Waals surface area contributed by atoms with Crippen LogP contribution in [0, 0.1) is 5.92 Å². The number of benzene rings is 1. The molecule has 2 atom stereocenters. The lowest BCUT2D eigenvalue weighted by Gasteiger charge is -2.15. The molecule has 3 rings (SSSR count). The summed E-state index contributed by atoms with van der Waals surface area (Å²) in [5.74, 6) is -2.17. The van der Waals surface area contributed by atoms with Gasteiger partial charge in [-0.3, -0.25) is 14.6 Å². The highest BCUT2D eigenvalue weighted by atomic mass is 16.5. The van der Waals surface area contributed by atoms with E-state index in [0.717, 1.165) is 0 Å². The van der Waals surface area contributed by atoms with Gasteiger partial charge in [-0.25, -0.2) is 4.98 Å². The number of amides is 1. The van der Waals surface area contributed by atoms with Crippen LogP contribution in [0.25, 0.3) is 11.0 Å². The summed E-state index contributed by atoms with van der Waals surface area (Å²) in [4.78, 5) is 31.6. The van der Waals surface area contributed by atoms with Gasteiger partial charge in [0.1, 0.15) is 11.6 Å². The van der Waals surface area contributed by atoms with Crippen molar-refractivity contribution in [2.45, 2.75) is 6.04 Å². The largest absolute Gasteiger partial charge is 0.481 e. The lowest BCUT2D eigenvalue weighted by Crippen LogP contribution is -2.43. The molecule has 0 radical (unpaired) electrons. The van der Waals surface area contributed by atoms with Crippen molar-refractivity contribution in [3.63, 3.8) is 0 Å².